The first-order valence-corrected chi connectivity index (χ1v) is 8.53. The lowest BCUT2D eigenvalue weighted by atomic mass is 9.92. The summed E-state index contributed by atoms with van der Waals surface area (Å²) in [4.78, 5) is 4.76. The number of hydrogen-bond donors (Lipinski definition) is 1. The normalized spacial score (nSPS) is 13.6. The zero-order valence-corrected chi connectivity index (χ0v) is 13.8. The Balaban J connectivity index is 2.00. The fourth-order valence-corrected chi connectivity index (χ4v) is 3.41. The van der Waals surface area contributed by atoms with Crippen molar-refractivity contribution in [1.29, 1.82) is 5.26 Å². The molecule has 1 N–H and O–H groups in total. The molecule has 0 bridgehead atoms. The maximum Gasteiger partial charge on any atom is 0.0778 e. The van der Waals surface area contributed by atoms with Crippen LogP contribution in [0.2, 0.25) is 5.02 Å². The Kier molecular flexibility index (Phi) is 5.00. The van der Waals surface area contributed by atoms with Crippen LogP contribution >= 0.6 is 11.6 Å². The van der Waals surface area contributed by atoms with Gasteiger partial charge in [0.1, 0.15) is 0 Å². The van der Waals surface area contributed by atoms with Gasteiger partial charge in [0.2, 0.25) is 0 Å². The highest BCUT2D eigenvalue weighted by atomic mass is 35.5. The lowest BCUT2D eigenvalue weighted by Gasteiger charge is -2.26. The van der Waals surface area contributed by atoms with E-state index in [2.05, 4.69) is 6.07 Å². The molecule has 120 valence electrons. The van der Waals surface area contributed by atoms with Crippen molar-refractivity contribution in [3.8, 4) is 6.07 Å². The van der Waals surface area contributed by atoms with E-state index in [0.29, 0.717) is 18.0 Å². The van der Waals surface area contributed by atoms with Gasteiger partial charge in [-0.05, 0) is 62.3 Å². The van der Waals surface area contributed by atoms with E-state index < -0.39 is 0 Å². The molecule has 2 aromatic rings. The predicted molar refractivity (Wildman–Crippen MR) is 92.0 cm³/mol. The van der Waals surface area contributed by atoms with Crippen LogP contribution in [-0.2, 0) is 12.8 Å². The second-order valence-corrected chi connectivity index (χ2v) is 6.43. The SMILES string of the molecule is N#CCCCCN(O)c1c2c(nc3cc(Cl)ccc13)CCCC2. The number of rotatable bonds is 5. The van der Waals surface area contributed by atoms with Gasteiger partial charge in [-0.25, -0.2) is 0 Å². The first-order chi connectivity index (χ1) is 11.2. The standard InChI is InChI=1S/C18H20ClN3O/c19-13-8-9-15-17(12-13)21-16-7-3-2-6-14(16)18(15)22(23)11-5-1-4-10-20/h8-9,12,23H,1-7,11H2. The van der Waals surface area contributed by atoms with Crippen molar-refractivity contribution in [2.75, 3.05) is 11.6 Å². The van der Waals surface area contributed by atoms with Crippen molar-refractivity contribution in [1.82, 2.24) is 4.98 Å². The van der Waals surface area contributed by atoms with Crippen molar-refractivity contribution in [3.63, 3.8) is 0 Å². The summed E-state index contributed by atoms with van der Waals surface area (Å²) in [5.74, 6) is 0. The number of aryl methyl sites for hydroxylation is 1. The first-order valence-electron chi connectivity index (χ1n) is 8.15. The number of anilines is 1. The minimum atomic E-state index is 0.524. The van der Waals surface area contributed by atoms with Crippen LogP contribution in [0.3, 0.4) is 0 Å². The number of aromatic nitrogens is 1. The van der Waals surface area contributed by atoms with E-state index in [0.717, 1.165) is 66.4 Å². The van der Waals surface area contributed by atoms with E-state index in [4.69, 9.17) is 21.8 Å². The summed E-state index contributed by atoms with van der Waals surface area (Å²) in [6.07, 6.45) is 6.28. The zero-order chi connectivity index (χ0) is 16.2. The fourth-order valence-electron chi connectivity index (χ4n) is 3.25. The molecule has 1 aliphatic rings. The number of nitriles is 1. The molecule has 5 heteroatoms. The second kappa shape index (κ2) is 7.16. The van der Waals surface area contributed by atoms with Gasteiger partial charge in [-0.2, -0.15) is 5.26 Å². The molecule has 0 saturated heterocycles. The third-order valence-electron chi connectivity index (χ3n) is 4.36. The van der Waals surface area contributed by atoms with E-state index >= 15 is 0 Å². The van der Waals surface area contributed by atoms with Crippen molar-refractivity contribution in [2.45, 2.75) is 44.9 Å². The molecule has 3 rings (SSSR count). The summed E-state index contributed by atoms with van der Waals surface area (Å²) in [6, 6.07) is 7.78. The van der Waals surface area contributed by atoms with Crippen molar-refractivity contribution >= 4 is 28.2 Å². The van der Waals surface area contributed by atoms with E-state index in [1.165, 1.54) is 5.06 Å². The first kappa shape index (κ1) is 16.0. The highest BCUT2D eigenvalue weighted by Crippen LogP contribution is 2.36. The quantitative estimate of drug-likeness (QED) is 0.640. The zero-order valence-electron chi connectivity index (χ0n) is 13.1. The fraction of sp³-hybridized carbons (Fsp3) is 0.444. The minimum Gasteiger partial charge on any atom is -0.288 e. The van der Waals surface area contributed by atoms with Gasteiger partial charge in [0, 0.05) is 29.1 Å². The van der Waals surface area contributed by atoms with E-state index in [1.54, 1.807) is 0 Å². The minimum absolute atomic E-state index is 0.524. The average Bonchev–Trinajstić information content (AvgIpc) is 2.56. The summed E-state index contributed by atoms with van der Waals surface area (Å²) in [6.45, 7) is 0.524. The van der Waals surface area contributed by atoms with Gasteiger partial charge >= 0.3 is 0 Å². The third kappa shape index (κ3) is 3.41. The lowest BCUT2D eigenvalue weighted by Crippen LogP contribution is -2.23. The molecule has 0 spiro atoms. The van der Waals surface area contributed by atoms with Crippen molar-refractivity contribution < 1.29 is 5.21 Å². The summed E-state index contributed by atoms with van der Waals surface area (Å²) in [7, 11) is 0. The molecule has 1 aromatic carbocycles. The number of hydroxylamine groups is 1. The molecule has 0 amide bonds. The maximum atomic E-state index is 10.6. The summed E-state index contributed by atoms with van der Waals surface area (Å²) >= 11 is 6.11. The van der Waals surface area contributed by atoms with Crippen LogP contribution in [0, 0.1) is 11.3 Å². The van der Waals surface area contributed by atoms with E-state index in [-0.39, 0.29) is 0 Å². The molecule has 1 aromatic heterocycles. The van der Waals surface area contributed by atoms with Gasteiger partial charge in [-0.1, -0.05) is 11.6 Å². The number of halogens is 1. The summed E-state index contributed by atoms with van der Waals surface area (Å²) in [5, 5.41) is 22.2. The number of hydrogen-bond acceptors (Lipinski definition) is 4. The monoisotopic (exact) mass is 329 g/mol. The molecule has 23 heavy (non-hydrogen) atoms. The molecule has 0 radical (unpaired) electrons. The number of unbranched alkanes of at least 4 members (excludes halogenated alkanes) is 2. The Bertz CT molecular complexity index is 754. The Morgan fingerprint density at radius 3 is 2.91 bits per heavy atom. The van der Waals surface area contributed by atoms with Gasteiger partial charge < -0.3 is 0 Å². The Hall–Kier alpha value is -1.83. The average molecular weight is 330 g/mol. The number of nitrogens with zero attached hydrogens (tertiary/aromatic N) is 3. The number of benzene rings is 1. The van der Waals surface area contributed by atoms with Crippen LogP contribution in [0.15, 0.2) is 18.2 Å². The van der Waals surface area contributed by atoms with Crippen LogP contribution in [0.5, 0.6) is 0 Å². The molecule has 0 saturated carbocycles. The van der Waals surface area contributed by atoms with Crippen LogP contribution in [0.1, 0.15) is 43.4 Å². The molecular weight excluding hydrogens is 310 g/mol. The van der Waals surface area contributed by atoms with E-state index in [1.807, 2.05) is 18.2 Å². The summed E-state index contributed by atoms with van der Waals surface area (Å²) in [5.41, 5.74) is 3.95. The number of pyridine rings is 1. The lowest BCUT2D eigenvalue weighted by molar-refractivity contribution is 0.251. The van der Waals surface area contributed by atoms with Gasteiger partial charge in [0.25, 0.3) is 0 Å². The van der Waals surface area contributed by atoms with Crippen LogP contribution in [0.25, 0.3) is 10.9 Å². The molecule has 0 atom stereocenters. The molecule has 0 fully saturated rings. The Labute approximate surface area is 141 Å². The van der Waals surface area contributed by atoms with Crippen molar-refractivity contribution in [2.24, 2.45) is 0 Å². The molecule has 0 unspecified atom stereocenters. The highest BCUT2D eigenvalue weighted by molar-refractivity contribution is 6.31. The highest BCUT2D eigenvalue weighted by Gasteiger charge is 2.21. The molecule has 1 heterocycles. The molecular formula is C18H20ClN3O. The topological polar surface area (TPSA) is 60.2 Å². The van der Waals surface area contributed by atoms with Gasteiger partial charge in [-0.3, -0.25) is 15.3 Å². The smallest absolute Gasteiger partial charge is 0.0778 e. The van der Waals surface area contributed by atoms with E-state index in [9.17, 15) is 5.21 Å². The molecule has 0 aliphatic heterocycles. The maximum absolute atomic E-state index is 10.6. The largest absolute Gasteiger partial charge is 0.288 e. The Morgan fingerprint density at radius 2 is 2.09 bits per heavy atom. The van der Waals surface area contributed by atoms with Crippen LogP contribution in [0.4, 0.5) is 5.69 Å². The molecule has 1 aliphatic carbocycles. The molecule has 4 nitrogen and oxygen atoms in total. The third-order valence-corrected chi connectivity index (χ3v) is 4.60. The van der Waals surface area contributed by atoms with Gasteiger partial charge in [0.05, 0.1) is 17.3 Å². The van der Waals surface area contributed by atoms with Crippen LogP contribution in [-0.4, -0.2) is 16.7 Å². The van der Waals surface area contributed by atoms with Gasteiger partial charge in [-0.15, -0.1) is 0 Å². The van der Waals surface area contributed by atoms with Crippen LogP contribution < -0.4 is 5.06 Å². The van der Waals surface area contributed by atoms with Gasteiger partial charge in [0.15, 0.2) is 0 Å². The predicted octanol–water partition coefficient (Wildman–Crippen LogP) is 4.66. The Morgan fingerprint density at radius 1 is 1.26 bits per heavy atom. The number of fused-ring (bicyclic) bond motifs is 2. The van der Waals surface area contributed by atoms with Crippen molar-refractivity contribution in [3.05, 3.63) is 34.5 Å². The second-order valence-electron chi connectivity index (χ2n) is 5.99. The summed E-state index contributed by atoms with van der Waals surface area (Å²) < 4.78 is 0.